The molecule has 0 atom stereocenters. The van der Waals surface area contributed by atoms with Crippen molar-refractivity contribution in [2.75, 3.05) is 0 Å². The highest BCUT2D eigenvalue weighted by molar-refractivity contribution is 6.45. The first-order chi connectivity index (χ1) is 4.74. The lowest BCUT2D eigenvalue weighted by Gasteiger charge is -1.95. The van der Waals surface area contributed by atoms with Crippen LogP contribution in [0.1, 0.15) is 0 Å². The van der Waals surface area contributed by atoms with Crippen LogP contribution in [0, 0.1) is 11.6 Å². The number of hydrogen-bond donors (Lipinski definition) is 1. The molecule has 10 heavy (non-hydrogen) atoms. The Morgan fingerprint density at radius 1 is 1.30 bits per heavy atom. The lowest BCUT2D eigenvalue weighted by atomic mass is 9.88. The third-order valence-corrected chi connectivity index (χ3v) is 1.10. The van der Waals surface area contributed by atoms with E-state index < -0.39 is 11.6 Å². The maximum Gasteiger partial charge on any atom is 0.329 e. The molecule has 0 spiro atoms. The van der Waals surface area contributed by atoms with Crippen molar-refractivity contribution in [3.8, 4) is 0 Å². The Morgan fingerprint density at radius 2 is 2.00 bits per heavy atom. The molecule has 4 heteroatoms. The molecule has 0 bridgehead atoms. The Bertz CT molecular complexity index is 239. The van der Waals surface area contributed by atoms with Gasteiger partial charge in [0.2, 0.25) is 0 Å². The third kappa shape index (κ3) is 1.33. The van der Waals surface area contributed by atoms with Gasteiger partial charge in [0.15, 0.2) is 0 Å². The minimum absolute atomic E-state index is 0.139. The van der Waals surface area contributed by atoms with E-state index in [9.17, 15) is 8.78 Å². The average Bonchev–Trinajstić information content (AvgIpc) is 1.94. The molecule has 1 N–H and O–H groups in total. The van der Waals surface area contributed by atoms with Gasteiger partial charge in [0, 0.05) is 0 Å². The van der Waals surface area contributed by atoms with Crippen LogP contribution in [-0.4, -0.2) is 12.5 Å². The highest BCUT2D eigenvalue weighted by atomic mass is 19.1. The van der Waals surface area contributed by atoms with Crippen molar-refractivity contribution in [3.63, 3.8) is 0 Å². The molecule has 0 aliphatic carbocycles. The summed E-state index contributed by atoms with van der Waals surface area (Å²) in [6.45, 7) is 0. The van der Waals surface area contributed by atoms with Crippen molar-refractivity contribution in [3.05, 3.63) is 29.8 Å². The Labute approximate surface area is 57.6 Å². The first-order valence-corrected chi connectivity index (χ1v) is 2.66. The van der Waals surface area contributed by atoms with Crippen LogP contribution in [0.4, 0.5) is 8.78 Å². The van der Waals surface area contributed by atoms with E-state index >= 15 is 0 Å². The quantitative estimate of drug-likeness (QED) is 0.554. The number of rotatable bonds is 1. The zero-order valence-corrected chi connectivity index (χ0v) is 5.01. The van der Waals surface area contributed by atoms with Gasteiger partial charge in [0.25, 0.3) is 0 Å². The molecule has 0 aromatic heterocycles. The second kappa shape index (κ2) is 2.79. The standard InChI is InChI=1S/C6H4BF2O/c8-4-1-2-6(9)5(3-4)7-10/h1-3,10H. The molecule has 0 unspecified atom stereocenters. The molecule has 0 aliphatic heterocycles. The highest BCUT2D eigenvalue weighted by Gasteiger charge is 2.02. The van der Waals surface area contributed by atoms with E-state index in [0.29, 0.717) is 7.48 Å². The van der Waals surface area contributed by atoms with E-state index in [2.05, 4.69) is 0 Å². The summed E-state index contributed by atoms with van der Waals surface area (Å²) in [5.41, 5.74) is -0.139. The molecule has 0 heterocycles. The molecule has 0 fully saturated rings. The van der Waals surface area contributed by atoms with Crippen LogP contribution < -0.4 is 5.46 Å². The molecular formula is C6H4BF2O. The molecular weight excluding hydrogens is 137 g/mol. The van der Waals surface area contributed by atoms with Gasteiger partial charge in [-0.1, -0.05) is 0 Å². The van der Waals surface area contributed by atoms with Crippen LogP contribution in [0.15, 0.2) is 18.2 Å². The van der Waals surface area contributed by atoms with Crippen molar-refractivity contribution in [2.45, 2.75) is 0 Å². The molecule has 0 aliphatic rings. The fourth-order valence-corrected chi connectivity index (χ4v) is 0.614. The van der Waals surface area contributed by atoms with E-state index in [1.165, 1.54) is 0 Å². The van der Waals surface area contributed by atoms with Gasteiger partial charge in [-0.3, -0.25) is 0 Å². The molecule has 1 rings (SSSR count). The predicted molar refractivity (Wildman–Crippen MR) is 34.0 cm³/mol. The van der Waals surface area contributed by atoms with E-state index in [0.717, 1.165) is 18.2 Å². The lowest BCUT2D eigenvalue weighted by molar-refractivity contribution is 0.590. The average molecular weight is 141 g/mol. The molecule has 1 nitrogen and oxygen atoms in total. The summed E-state index contributed by atoms with van der Waals surface area (Å²) < 4.78 is 24.6. The molecule has 0 saturated heterocycles. The highest BCUT2D eigenvalue weighted by Crippen LogP contribution is 1.96. The minimum atomic E-state index is -0.635. The minimum Gasteiger partial charge on any atom is -0.450 e. The molecule has 0 amide bonds. The molecule has 1 aromatic carbocycles. The fraction of sp³-hybridized carbons (Fsp3) is 0. The van der Waals surface area contributed by atoms with Gasteiger partial charge in [-0.25, -0.2) is 8.78 Å². The maximum atomic E-state index is 12.4. The smallest absolute Gasteiger partial charge is 0.329 e. The maximum absolute atomic E-state index is 12.4. The van der Waals surface area contributed by atoms with Gasteiger partial charge in [-0.05, 0) is 23.7 Å². The molecule has 0 saturated carbocycles. The van der Waals surface area contributed by atoms with E-state index in [4.69, 9.17) is 5.02 Å². The van der Waals surface area contributed by atoms with Gasteiger partial charge in [0.05, 0.1) is 0 Å². The Kier molecular flexibility index (Phi) is 2.01. The van der Waals surface area contributed by atoms with Gasteiger partial charge in [-0.2, -0.15) is 0 Å². The first kappa shape index (κ1) is 7.21. The van der Waals surface area contributed by atoms with Crippen LogP contribution >= 0.6 is 0 Å². The summed E-state index contributed by atoms with van der Waals surface area (Å²) in [6, 6.07) is 2.86. The lowest BCUT2D eigenvalue weighted by Crippen LogP contribution is -2.18. The second-order valence-corrected chi connectivity index (χ2v) is 1.79. The van der Waals surface area contributed by atoms with E-state index in [1.54, 1.807) is 0 Å². The SMILES string of the molecule is O[B]c1cc(F)ccc1F. The summed E-state index contributed by atoms with van der Waals surface area (Å²) in [5, 5.41) is 8.31. The topological polar surface area (TPSA) is 20.2 Å². The van der Waals surface area contributed by atoms with Gasteiger partial charge >= 0.3 is 7.48 Å². The summed E-state index contributed by atoms with van der Waals surface area (Å²) in [6.07, 6.45) is 0. The van der Waals surface area contributed by atoms with Crippen LogP contribution in [-0.2, 0) is 0 Å². The second-order valence-electron chi connectivity index (χ2n) is 1.79. The van der Waals surface area contributed by atoms with E-state index in [-0.39, 0.29) is 5.46 Å². The summed E-state index contributed by atoms with van der Waals surface area (Å²) in [5.74, 6) is -1.20. The Morgan fingerprint density at radius 3 is 2.50 bits per heavy atom. The third-order valence-electron chi connectivity index (χ3n) is 1.10. The Hall–Kier alpha value is -0.895. The summed E-state index contributed by atoms with van der Waals surface area (Å²) in [4.78, 5) is 0. The van der Waals surface area contributed by atoms with Crippen molar-refractivity contribution in [1.29, 1.82) is 0 Å². The zero-order valence-electron chi connectivity index (χ0n) is 5.01. The molecule has 51 valence electrons. The van der Waals surface area contributed by atoms with Crippen LogP contribution in [0.25, 0.3) is 0 Å². The van der Waals surface area contributed by atoms with Crippen molar-refractivity contribution in [2.24, 2.45) is 0 Å². The van der Waals surface area contributed by atoms with Crippen LogP contribution in [0.2, 0.25) is 0 Å². The number of halogens is 2. The van der Waals surface area contributed by atoms with Crippen LogP contribution in [0.3, 0.4) is 0 Å². The zero-order chi connectivity index (χ0) is 7.56. The molecule has 1 radical (unpaired) electrons. The van der Waals surface area contributed by atoms with Crippen LogP contribution in [0.5, 0.6) is 0 Å². The first-order valence-electron chi connectivity index (χ1n) is 2.66. The fourth-order valence-electron chi connectivity index (χ4n) is 0.614. The van der Waals surface area contributed by atoms with E-state index in [1.807, 2.05) is 0 Å². The monoisotopic (exact) mass is 141 g/mol. The van der Waals surface area contributed by atoms with Gasteiger partial charge in [-0.15, -0.1) is 0 Å². The number of hydrogen-bond acceptors (Lipinski definition) is 1. The van der Waals surface area contributed by atoms with Crippen molar-refractivity contribution < 1.29 is 13.8 Å². The van der Waals surface area contributed by atoms with Crippen molar-refractivity contribution in [1.82, 2.24) is 0 Å². The summed E-state index contributed by atoms with van der Waals surface area (Å²) >= 11 is 0. The Balaban J connectivity index is 3.09. The largest absolute Gasteiger partial charge is 0.450 e. The summed E-state index contributed by atoms with van der Waals surface area (Å²) in [7, 11) is 0.526. The number of benzene rings is 1. The van der Waals surface area contributed by atoms with Crippen molar-refractivity contribution >= 4 is 12.9 Å². The molecule has 1 aromatic rings. The predicted octanol–water partition coefficient (Wildman–Crippen LogP) is 0.202. The van der Waals surface area contributed by atoms with Gasteiger partial charge < -0.3 is 5.02 Å². The normalized spacial score (nSPS) is 9.50. The van der Waals surface area contributed by atoms with Gasteiger partial charge in [0.1, 0.15) is 11.6 Å².